The maximum Gasteiger partial charge on any atom is 0.193 e. The van der Waals surface area contributed by atoms with Crippen molar-refractivity contribution in [2.24, 2.45) is 4.99 Å². The van der Waals surface area contributed by atoms with E-state index in [0.29, 0.717) is 0 Å². The van der Waals surface area contributed by atoms with E-state index in [0.717, 1.165) is 36.2 Å². The molecule has 0 aliphatic carbocycles. The van der Waals surface area contributed by atoms with E-state index in [1.165, 1.54) is 5.56 Å². The zero-order valence-corrected chi connectivity index (χ0v) is 16.5. The highest BCUT2D eigenvalue weighted by atomic mass is 127. The number of guanidine groups is 1. The van der Waals surface area contributed by atoms with Gasteiger partial charge in [-0.15, -0.1) is 24.0 Å². The van der Waals surface area contributed by atoms with Gasteiger partial charge in [-0.3, -0.25) is 9.98 Å². The second-order valence-corrected chi connectivity index (χ2v) is 5.46. The predicted octanol–water partition coefficient (Wildman–Crippen LogP) is 3.60. The first-order chi connectivity index (χ1) is 10.7. The molecular formula is C17H22ClIN4. The molecule has 0 amide bonds. The predicted molar refractivity (Wildman–Crippen MR) is 108 cm³/mol. The quantitative estimate of drug-likeness (QED) is 0.435. The molecule has 1 N–H and O–H groups in total. The monoisotopic (exact) mass is 444 g/mol. The number of nitrogens with zero attached hydrogens (tertiary/aromatic N) is 3. The minimum atomic E-state index is 0. The second-order valence-electron chi connectivity index (χ2n) is 5.03. The molecule has 0 atom stereocenters. The SMILES string of the molecule is CN=C(NCCc1ccccn1)N(C)Cc1ccc(Cl)cc1.I. The Morgan fingerprint density at radius 2 is 1.96 bits per heavy atom. The van der Waals surface area contributed by atoms with Gasteiger partial charge in [-0.1, -0.05) is 29.8 Å². The van der Waals surface area contributed by atoms with Crippen LogP contribution in [0.25, 0.3) is 0 Å². The molecular weight excluding hydrogens is 423 g/mol. The van der Waals surface area contributed by atoms with Crippen LogP contribution < -0.4 is 5.32 Å². The number of hydrogen-bond acceptors (Lipinski definition) is 2. The molecule has 23 heavy (non-hydrogen) atoms. The summed E-state index contributed by atoms with van der Waals surface area (Å²) in [5.41, 5.74) is 2.27. The van der Waals surface area contributed by atoms with Gasteiger partial charge in [-0.25, -0.2) is 0 Å². The first-order valence-electron chi connectivity index (χ1n) is 7.25. The molecule has 0 fully saturated rings. The molecule has 0 aliphatic heterocycles. The molecule has 0 saturated heterocycles. The van der Waals surface area contributed by atoms with Crippen LogP contribution in [0.15, 0.2) is 53.7 Å². The van der Waals surface area contributed by atoms with Crippen LogP contribution in [0, 0.1) is 0 Å². The maximum atomic E-state index is 5.91. The van der Waals surface area contributed by atoms with E-state index in [1.807, 2.05) is 55.7 Å². The summed E-state index contributed by atoms with van der Waals surface area (Å²) in [5, 5.41) is 4.11. The topological polar surface area (TPSA) is 40.5 Å². The highest BCUT2D eigenvalue weighted by Crippen LogP contribution is 2.10. The van der Waals surface area contributed by atoms with Gasteiger partial charge < -0.3 is 10.2 Å². The zero-order valence-electron chi connectivity index (χ0n) is 13.4. The molecule has 0 unspecified atom stereocenters. The fraction of sp³-hybridized carbons (Fsp3) is 0.294. The Labute approximate surface area is 160 Å². The van der Waals surface area contributed by atoms with Gasteiger partial charge in [-0.2, -0.15) is 0 Å². The molecule has 6 heteroatoms. The smallest absolute Gasteiger partial charge is 0.193 e. The van der Waals surface area contributed by atoms with Crippen molar-refractivity contribution in [2.45, 2.75) is 13.0 Å². The second kappa shape index (κ2) is 10.4. The fourth-order valence-electron chi connectivity index (χ4n) is 2.17. The Morgan fingerprint density at radius 1 is 1.22 bits per heavy atom. The summed E-state index contributed by atoms with van der Waals surface area (Å²) in [7, 11) is 3.81. The van der Waals surface area contributed by atoms with E-state index in [1.54, 1.807) is 7.05 Å². The van der Waals surface area contributed by atoms with Crippen LogP contribution in [0.2, 0.25) is 5.02 Å². The average Bonchev–Trinajstić information content (AvgIpc) is 2.54. The van der Waals surface area contributed by atoms with Gasteiger partial charge >= 0.3 is 0 Å². The molecule has 0 spiro atoms. The third-order valence-electron chi connectivity index (χ3n) is 3.30. The van der Waals surface area contributed by atoms with Gasteiger partial charge in [0.25, 0.3) is 0 Å². The summed E-state index contributed by atoms with van der Waals surface area (Å²) >= 11 is 5.91. The summed E-state index contributed by atoms with van der Waals surface area (Å²) < 4.78 is 0. The average molecular weight is 445 g/mol. The number of halogens is 2. The van der Waals surface area contributed by atoms with E-state index >= 15 is 0 Å². The van der Waals surface area contributed by atoms with Gasteiger partial charge in [0.05, 0.1) is 0 Å². The van der Waals surface area contributed by atoms with E-state index < -0.39 is 0 Å². The molecule has 0 aliphatic rings. The Hall–Kier alpha value is -1.34. The normalized spacial score (nSPS) is 10.8. The standard InChI is InChI=1S/C17H21ClN4.HI/c1-19-17(21-12-10-16-5-3-4-11-20-16)22(2)13-14-6-8-15(18)9-7-14;/h3-9,11H,10,12-13H2,1-2H3,(H,19,21);1H. The van der Waals surface area contributed by atoms with E-state index in [4.69, 9.17) is 11.6 Å². The highest BCUT2D eigenvalue weighted by Gasteiger charge is 2.06. The van der Waals surface area contributed by atoms with Crippen molar-refractivity contribution in [2.75, 3.05) is 20.6 Å². The van der Waals surface area contributed by atoms with Crippen molar-refractivity contribution in [3.63, 3.8) is 0 Å². The molecule has 4 nitrogen and oxygen atoms in total. The van der Waals surface area contributed by atoms with Gasteiger partial charge in [0.15, 0.2) is 5.96 Å². The number of aliphatic imine (C=N–C) groups is 1. The van der Waals surface area contributed by atoms with Gasteiger partial charge in [0.2, 0.25) is 0 Å². The van der Waals surface area contributed by atoms with E-state index in [9.17, 15) is 0 Å². The molecule has 1 heterocycles. The Kier molecular flexibility index (Phi) is 8.94. The van der Waals surface area contributed by atoms with Crippen LogP contribution in [0.3, 0.4) is 0 Å². The van der Waals surface area contributed by atoms with Gasteiger partial charge in [0.1, 0.15) is 0 Å². The Balaban J connectivity index is 0.00000264. The Morgan fingerprint density at radius 3 is 2.57 bits per heavy atom. The lowest BCUT2D eigenvalue weighted by atomic mass is 10.2. The zero-order chi connectivity index (χ0) is 15.8. The summed E-state index contributed by atoms with van der Waals surface area (Å²) in [6.07, 6.45) is 2.69. The molecule has 2 aromatic rings. The first kappa shape index (κ1) is 19.7. The number of hydrogen-bond donors (Lipinski definition) is 1. The van der Waals surface area contributed by atoms with E-state index in [2.05, 4.69) is 20.2 Å². The molecule has 0 saturated carbocycles. The first-order valence-corrected chi connectivity index (χ1v) is 7.63. The summed E-state index contributed by atoms with van der Waals surface area (Å²) in [4.78, 5) is 10.7. The lowest BCUT2D eigenvalue weighted by Crippen LogP contribution is -2.39. The molecule has 1 aromatic carbocycles. The summed E-state index contributed by atoms with van der Waals surface area (Å²) in [6, 6.07) is 13.8. The summed E-state index contributed by atoms with van der Waals surface area (Å²) in [5.74, 6) is 0.867. The van der Waals surface area contributed by atoms with Crippen molar-refractivity contribution >= 4 is 41.5 Å². The number of rotatable bonds is 5. The maximum absolute atomic E-state index is 5.91. The number of nitrogens with one attached hydrogen (secondary N) is 1. The Bertz CT molecular complexity index is 602. The number of aromatic nitrogens is 1. The van der Waals surface area contributed by atoms with Crippen LogP contribution in [0.1, 0.15) is 11.3 Å². The van der Waals surface area contributed by atoms with Gasteiger partial charge in [0, 0.05) is 50.5 Å². The highest BCUT2D eigenvalue weighted by molar-refractivity contribution is 14.0. The number of benzene rings is 1. The largest absolute Gasteiger partial charge is 0.356 e. The lowest BCUT2D eigenvalue weighted by Gasteiger charge is -2.22. The van der Waals surface area contributed by atoms with Crippen molar-refractivity contribution in [3.8, 4) is 0 Å². The van der Waals surface area contributed by atoms with Crippen molar-refractivity contribution < 1.29 is 0 Å². The molecule has 2 rings (SSSR count). The van der Waals surface area contributed by atoms with Gasteiger partial charge in [-0.05, 0) is 29.8 Å². The third kappa shape index (κ3) is 6.74. The molecule has 1 aromatic heterocycles. The van der Waals surface area contributed by atoms with Crippen molar-refractivity contribution in [1.82, 2.24) is 15.2 Å². The molecule has 0 bridgehead atoms. The third-order valence-corrected chi connectivity index (χ3v) is 3.55. The van der Waals surface area contributed by atoms with Crippen LogP contribution >= 0.6 is 35.6 Å². The van der Waals surface area contributed by atoms with Crippen molar-refractivity contribution in [1.29, 1.82) is 0 Å². The van der Waals surface area contributed by atoms with Crippen LogP contribution in [-0.2, 0) is 13.0 Å². The minimum absolute atomic E-state index is 0. The summed E-state index contributed by atoms with van der Waals surface area (Å²) in [6.45, 7) is 1.58. The van der Waals surface area contributed by atoms with Crippen molar-refractivity contribution in [3.05, 3.63) is 64.9 Å². The minimum Gasteiger partial charge on any atom is -0.356 e. The molecule has 0 radical (unpaired) electrons. The van der Waals surface area contributed by atoms with Crippen LogP contribution in [0.4, 0.5) is 0 Å². The lowest BCUT2D eigenvalue weighted by molar-refractivity contribution is 0.477. The molecule has 124 valence electrons. The van der Waals surface area contributed by atoms with E-state index in [-0.39, 0.29) is 24.0 Å². The van der Waals surface area contributed by atoms with Crippen LogP contribution in [0.5, 0.6) is 0 Å². The number of pyridine rings is 1. The fourth-order valence-corrected chi connectivity index (χ4v) is 2.30. The van der Waals surface area contributed by atoms with Crippen LogP contribution in [-0.4, -0.2) is 36.5 Å².